The Bertz CT molecular complexity index is 739. The Morgan fingerprint density at radius 2 is 2.05 bits per heavy atom. The summed E-state index contributed by atoms with van der Waals surface area (Å²) in [5.74, 6) is -1.64. The van der Waals surface area contributed by atoms with Crippen LogP contribution in [0, 0.1) is 0 Å². The molecule has 2 aromatic rings. The van der Waals surface area contributed by atoms with Crippen LogP contribution >= 0.6 is 15.9 Å². The molecule has 7 nitrogen and oxygen atoms in total. The van der Waals surface area contributed by atoms with E-state index in [-0.39, 0.29) is 23.0 Å². The largest absolute Gasteiger partial charge is 0.506 e. The number of carboxylic acid groups (broad SMARTS) is 1. The lowest BCUT2D eigenvalue weighted by atomic mass is 10.1. The Kier molecular flexibility index (Phi) is 3.99. The lowest BCUT2D eigenvalue weighted by molar-refractivity contribution is -0.114. The summed E-state index contributed by atoms with van der Waals surface area (Å²) in [6.45, 7) is 1.32. The van der Waals surface area contributed by atoms with Gasteiger partial charge < -0.3 is 15.5 Å². The van der Waals surface area contributed by atoms with E-state index in [9.17, 15) is 14.7 Å². The molecular weight excluding hydrogens is 342 g/mol. The number of carbonyl (C=O) groups excluding carboxylic acids is 1. The zero-order valence-corrected chi connectivity index (χ0v) is 12.8. The van der Waals surface area contributed by atoms with Crippen molar-refractivity contribution in [3.63, 3.8) is 0 Å². The number of aromatic nitrogens is 2. The fraction of sp³-hybridized carbons (Fsp3) is 0.154. The fourth-order valence-electron chi connectivity index (χ4n) is 1.92. The second kappa shape index (κ2) is 5.57. The van der Waals surface area contributed by atoms with Gasteiger partial charge in [0, 0.05) is 24.0 Å². The van der Waals surface area contributed by atoms with Crippen molar-refractivity contribution in [2.24, 2.45) is 7.05 Å². The first-order valence-corrected chi connectivity index (χ1v) is 6.67. The average Bonchev–Trinajstić information content (AvgIpc) is 2.76. The fourth-order valence-corrected chi connectivity index (χ4v) is 2.46. The SMILES string of the molecule is CC(=O)Nc1c(O)ccc(Br)c1-c1cc(C(=O)O)nn1C. The van der Waals surface area contributed by atoms with Crippen molar-refractivity contribution >= 4 is 33.5 Å². The molecule has 0 saturated carbocycles. The number of benzene rings is 1. The van der Waals surface area contributed by atoms with E-state index < -0.39 is 5.97 Å². The van der Waals surface area contributed by atoms with Gasteiger partial charge in [0.05, 0.1) is 11.4 Å². The third kappa shape index (κ3) is 2.89. The number of aryl methyl sites for hydroxylation is 1. The molecule has 0 atom stereocenters. The molecule has 110 valence electrons. The van der Waals surface area contributed by atoms with E-state index in [0.29, 0.717) is 15.7 Å². The summed E-state index contributed by atoms with van der Waals surface area (Å²) in [5, 5.41) is 25.4. The first-order valence-electron chi connectivity index (χ1n) is 5.88. The topological polar surface area (TPSA) is 104 Å². The molecular formula is C13H12BrN3O4. The van der Waals surface area contributed by atoms with Crippen LogP contribution in [0.15, 0.2) is 22.7 Å². The maximum Gasteiger partial charge on any atom is 0.356 e. The number of phenols is 1. The molecule has 0 radical (unpaired) electrons. The summed E-state index contributed by atoms with van der Waals surface area (Å²) < 4.78 is 1.96. The van der Waals surface area contributed by atoms with E-state index in [1.54, 1.807) is 13.1 Å². The quantitative estimate of drug-likeness (QED) is 0.733. The van der Waals surface area contributed by atoms with Crippen LogP contribution in [0.25, 0.3) is 11.3 Å². The first kappa shape index (κ1) is 15.0. The molecule has 0 unspecified atom stereocenters. The lowest BCUT2D eigenvalue weighted by Gasteiger charge is -2.13. The Labute approximate surface area is 128 Å². The van der Waals surface area contributed by atoms with Crippen molar-refractivity contribution in [2.45, 2.75) is 6.92 Å². The second-order valence-corrected chi connectivity index (χ2v) is 5.20. The number of hydrogen-bond donors (Lipinski definition) is 3. The lowest BCUT2D eigenvalue weighted by Crippen LogP contribution is -2.08. The van der Waals surface area contributed by atoms with Crippen LogP contribution in [0.4, 0.5) is 5.69 Å². The number of anilines is 1. The highest BCUT2D eigenvalue weighted by molar-refractivity contribution is 9.10. The summed E-state index contributed by atoms with van der Waals surface area (Å²) in [6, 6.07) is 4.39. The highest BCUT2D eigenvalue weighted by Crippen LogP contribution is 2.40. The zero-order chi connectivity index (χ0) is 15.7. The van der Waals surface area contributed by atoms with E-state index >= 15 is 0 Å². The minimum Gasteiger partial charge on any atom is -0.506 e. The van der Waals surface area contributed by atoms with Crippen LogP contribution in [0.3, 0.4) is 0 Å². The standard InChI is InChI=1S/C13H12BrN3O4/c1-6(18)15-12-10(19)4-3-7(14)11(12)9-5-8(13(20)21)16-17(9)2/h3-5,19H,1-2H3,(H,15,18)(H,20,21). The van der Waals surface area contributed by atoms with Crippen LogP contribution in [0.5, 0.6) is 5.75 Å². The van der Waals surface area contributed by atoms with Gasteiger partial charge in [0.25, 0.3) is 0 Å². The molecule has 0 fully saturated rings. The van der Waals surface area contributed by atoms with Crippen LogP contribution in [0.2, 0.25) is 0 Å². The summed E-state index contributed by atoms with van der Waals surface area (Å²) in [5.41, 5.74) is 0.958. The molecule has 8 heteroatoms. The summed E-state index contributed by atoms with van der Waals surface area (Å²) in [7, 11) is 1.58. The van der Waals surface area contributed by atoms with E-state index in [1.165, 1.54) is 23.7 Å². The number of halogens is 1. The van der Waals surface area contributed by atoms with E-state index in [1.807, 2.05) is 0 Å². The minimum atomic E-state index is -1.16. The van der Waals surface area contributed by atoms with Crippen molar-refractivity contribution in [3.8, 4) is 17.0 Å². The number of carboxylic acids is 1. The summed E-state index contributed by atoms with van der Waals surface area (Å²) >= 11 is 3.34. The van der Waals surface area contributed by atoms with Crippen molar-refractivity contribution in [1.29, 1.82) is 0 Å². The normalized spacial score (nSPS) is 10.4. The highest BCUT2D eigenvalue weighted by atomic mass is 79.9. The number of hydrogen-bond acceptors (Lipinski definition) is 4. The molecule has 21 heavy (non-hydrogen) atoms. The molecule has 0 aliphatic carbocycles. The van der Waals surface area contributed by atoms with Gasteiger partial charge in [-0.05, 0) is 18.2 Å². The predicted molar refractivity (Wildman–Crippen MR) is 79.3 cm³/mol. The molecule has 0 bridgehead atoms. The number of nitrogens with zero attached hydrogens (tertiary/aromatic N) is 2. The molecule has 0 aliphatic heterocycles. The zero-order valence-electron chi connectivity index (χ0n) is 11.2. The molecule has 2 rings (SSSR count). The van der Waals surface area contributed by atoms with Crippen molar-refractivity contribution < 1.29 is 19.8 Å². The molecule has 3 N–H and O–H groups in total. The maximum atomic E-state index is 11.3. The molecule has 0 aliphatic rings. The van der Waals surface area contributed by atoms with Gasteiger partial charge in [-0.2, -0.15) is 5.10 Å². The first-order chi connectivity index (χ1) is 9.81. The Hall–Kier alpha value is -2.35. The number of rotatable bonds is 3. The number of aromatic carboxylic acids is 1. The van der Waals surface area contributed by atoms with Gasteiger partial charge >= 0.3 is 5.97 Å². The van der Waals surface area contributed by atoms with Gasteiger partial charge in [-0.25, -0.2) is 4.79 Å². The average molecular weight is 354 g/mol. The third-order valence-electron chi connectivity index (χ3n) is 2.79. The van der Waals surface area contributed by atoms with Crippen molar-refractivity contribution in [3.05, 3.63) is 28.4 Å². The van der Waals surface area contributed by atoms with Crippen LogP contribution in [-0.4, -0.2) is 31.9 Å². The molecule has 0 saturated heterocycles. The molecule has 1 heterocycles. The van der Waals surface area contributed by atoms with E-state index in [0.717, 1.165) is 0 Å². The number of aromatic hydroxyl groups is 1. The van der Waals surface area contributed by atoms with E-state index in [2.05, 4.69) is 26.3 Å². The Morgan fingerprint density at radius 3 is 2.57 bits per heavy atom. The van der Waals surface area contributed by atoms with Gasteiger partial charge in [-0.3, -0.25) is 9.48 Å². The molecule has 1 amide bonds. The van der Waals surface area contributed by atoms with Crippen molar-refractivity contribution in [1.82, 2.24) is 9.78 Å². The molecule has 1 aromatic carbocycles. The number of amides is 1. The monoisotopic (exact) mass is 353 g/mol. The number of phenolic OH excluding ortho intramolecular Hbond substituents is 1. The van der Waals surface area contributed by atoms with Crippen LogP contribution in [-0.2, 0) is 11.8 Å². The smallest absolute Gasteiger partial charge is 0.356 e. The van der Waals surface area contributed by atoms with Gasteiger partial charge in [0.2, 0.25) is 5.91 Å². The number of nitrogens with one attached hydrogen (secondary N) is 1. The second-order valence-electron chi connectivity index (χ2n) is 4.34. The Balaban J connectivity index is 2.70. The maximum absolute atomic E-state index is 11.3. The molecule has 0 spiro atoms. The van der Waals surface area contributed by atoms with Gasteiger partial charge in [0.15, 0.2) is 5.69 Å². The van der Waals surface area contributed by atoms with Gasteiger partial charge in [0.1, 0.15) is 5.75 Å². The van der Waals surface area contributed by atoms with Crippen molar-refractivity contribution in [2.75, 3.05) is 5.32 Å². The van der Waals surface area contributed by atoms with Crippen LogP contribution < -0.4 is 5.32 Å². The summed E-state index contributed by atoms with van der Waals surface area (Å²) in [6.07, 6.45) is 0. The predicted octanol–water partition coefficient (Wildman–Crippen LogP) is 2.21. The highest BCUT2D eigenvalue weighted by Gasteiger charge is 2.20. The molecule has 1 aromatic heterocycles. The number of carbonyl (C=O) groups is 2. The van der Waals surface area contributed by atoms with E-state index in [4.69, 9.17) is 5.11 Å². The van der Waals surface area contributed by atoms with Gasteiger partial charge in [-0.15, -0.1) is 0 Å². The van der Waals surface area contributed by atoms with Crippen LogP contribution in [0.1, 0.15) is 17.4 Å². The van der Waals surface area contributed by atoms with Gasteiger partial charge in [-0.1, -0.05) is 15.9 Å². The third-order valence-corrected chi connectivity index (χ3v) is 3.45. The minimum absolute atomic E-state index is 0.124. The summed E-state index contributed by atoms with van der Waals surface area (Å²) in [4.78, 5) is 22.3. The Morgan fingerprint density at radius 1 is 1.38 bits per heavy atom.